The van der Waals surface area contributed by atoms with E-state index in [1.54, 1.807) is 6.20 Å². The maximum atomic E-state index is 4.68. The zero-order valence-electron chi connectivity index (χ0n) is 18.0. The summed E-state index contributed by atoms with van der Waals surface area (Å²) in [6.45, 7) is 3.99. The van der Waals surface area contributed by atoms with E-state index in [2.05, 4.69) is 54.8 Å². The molecule has 8 nitrogen and oxygen atoms in total. The molecule has 2 aliphatic rings. The molecule has 2 aliphatic heterocycles. The average molecular weight is 425 g/mol. The highest BCUT2D eigenvalue weighted by molar-refractivity contribution is 5.82. The number of hydrogen-bond donors (Lipinski definition) is 2. The molecule has 8 heteroatoms. The van der Waals surface area contributed by atoms with Crippen LogP contribution >= 0.6 is 0 Å². The van der Waals surface area contributed by atoms with Crippen LogP contribution in [0.5, 0.6) is 0 Å². The highest BCUT2D eigenvalue weighted by Crippen LogP contribution is 2.33. The number of anilines is 1. The second kappa shape index (κ2) is 7.42. The summed E-state index contributed by atoms with van der Waals surface area (Å²) in [4.78, 5) is 15.7. The third-order valence-electron chi connectivity index (χ3n) is 6.27. The maximum Gasteiger partial charge on any atom is 0.132 e. The summed E-state index contributed by atoms with van der Waals surface area (Å²) in [5.41, 5.74) is 5.38. The number of hydrogen-bond acceptors (Lipinski definition) is 7. The van der Waals surface area contributed by atoms with Crippen molar-refractivity contribution >= 4 is 22.8 Å². The molecule has 0 unspecified atom stereocenters. The number of likely N-dealkylation sites (tertiary alicyclic amines) is 1. The Labute approximate surface area is 186 Å². The predicted molar refractivity (Wildman–Crippen MR) is 124 cm³/mol. The highest BCUT2D eigenvalue weighted by atomic mass is 15.3. The van der Waals surface area contributed by atoms with Gasteiger partial charge in [-0.25, -0.2) is 9.67 Å². The minimum absolute atomic E-state index is 0.325. The fraction of sp³-hybridized carbons (Fsp3) is 0.250. The summed E-state index contributed by atoms with van der Waals surface area (Å²) in [7, 11) is 2.17. The Balaban J connectivity index is 1.32. The summed E-state index contributed by atoms with van der Waals surface area (Å²) in [5, 5.41) is 12.8. The van der Waals surface area contributed by atoms with Crippen LogP contribution in [0.4, 0.5) is 5.82 Å². The van der Waals surface area contributed by atoms with Crippen LogP contribution in [0.15, 0.2) is 61.1 Å². The van der Waals surface area contributed by atoms with Crippen molar-refractivity contribution in [1.82, 2.24) is 34.9 Å². The maximum absolute atomic E-state index is 4.68. The largest absolute Gasteiger partial charge is 0.367 e. The Morgan fingerprint density at radius 2 is 2.00 bits per heavy atom. The van der Waals surface area contributed by atoms with Crippen molar-refractivity contribution in [1.29, 1.82) is 0 Å². The van der Waals surface area contributed by atoms with Gasteiger partial charge in [-0.2, -0.15) is 5.10 Å². The normalized spacial score (nSPS) is 20.2. The fourth-order valence-corrected chi connectivity index (χ4v) is 4.79. The van der Waals surface area contributed by atoms with Crippen LogP contribution in [0.1, 0.15) is 22.7 Å². The SMILES string of the molecule is Cc1cc(-n2ncc3cc(NC4=Cc5ccncc5[C@@H]5CN(C)C[C@H]5N4)ncc32)ccn1. The lowest BCUT2D eigenvalue weighted by molar-refractivity contribution is 0.402. The molecule has 6 rings (SSSR count). The molecule has 1 fully saturated rings. The lowest BCUT2D eigenvalue weighted by atomic mass is 9.93. The Bertz CT molecular complexity index is 1340. The minimum atomic E-state index is 0.325. The van der Waals surface area contributed by atoms with Crippen molar-refractivity contribution in [3.63, 3.8) is 0 Å². The van der Waals surface area contributed by atoms with E-state index >= 15 is 0 Å². The number of nitrogens with zero attached hydrogens (tertiary/aromatic N) is 6. The second-order valence-corrected chi connectivity index (χ2v) is 8.61. The van der Waals surface area contributed by atoms with Gasteiger partial charge in [0.05, 0.1) is 23.6 Å². The van der Waals surface area contributed by atoms with E-state index in [0.717, 1.165) is 47.0 Å². The van der Waals surface area contributed by atoms with Gasteiger partial charge >= 0.3 is 0 Å². The molecule has 0 radical (unpaired) electrons. The summed E-state index contributed by atoms with van der Waals surface area (Å²) in [5.74, 6) is 2.14. The van der Waals surface area contributed by atoms with Gasteiger partial charge in [0.25, 0.3) is 0 Å². The van der Waals surface area contributed by atoms with Crippen molar-refractivity contribution in [2.75, 3.05) is 25.5 Å². The lowest BCUT2D eigenvalue weighted by Crippen LogP contribution is -2.35. The van der Waals surface area contributed by atoms with Crippen molar-refractivity contribution in [2.24, 2.45) is 0 Å². The van der Waals surface area contributed by atoms with Crippen LogP contribution in [0.2, 0.25) is 0 Å². The molecule has 0 aliphatic carbocycles. The van der Waals surface area contributed by atoms with Gasteiger partial charge in [-0.05, 0) is 55.4 Å². The van der Waals surface area contributed by atoms with Gasteiger partial charge in [-0.3, -0.25) is 9.97 Å². The number of pyridine rings is 3. The van der Waals surface area contributed by atoms with Gasteiger partial charge in [-0.1, -0.05) is 0 Å². The summed E-state index contributed by atoms with van der Waals surface area (Å²) >= 11 is 0. The Hall–Kier alpha value is -3.78. The van der Waals surface area contributed by atoms with Gasteiger partial charge in [0.1, 0.15) is 11.6 Å². The average Bonchev–Trinajstić information content (AvgIpc) is 3.33. The minimum Gasteiger partial charge on any atom is -0.367 e. The zero-order chi connectivity index (χ0) is 21.7. The van der Waals surface area contributed by atoms with Crippen LogP contribution in [0.3, 0.4) is 0 Å². The van der Waals surface area contributed by atoms with Crippen LogP contribution in [-0.2, 0) is 0 Å². The third kappa shape index (κ3) is 3.29. The monoisotopic (exact) mass is 424 g/mol. The molecule has 6 heterocycles. The van der Waals surface area contributed by atoms with E-state index in [1.165, 1.54) is 11.1 Å². The number of nitrogens with one attached hydrogen (secondary N) is 2. The number of aryl methyl sites for hydroxylation is 1. The molecule has 2 N–H and O–H groups in total. The topological polar surface area (TPSA) is 83.8 Å². The summed E-state index contributed by atoms with van der Waals surface area (Å²) in [6, 6.07) is 8.40. The van der Waals surface area contributed by atoms with Gasteiger partial charge in [0.15, 0.2) is 0 Å². The predicted octanol–water partition coefficient (Wildman–Crippen LogP) is 2.93. The summed E-state index contributed by atoms with van der Waals surface area (Å²) < 4.78 is 1.90. The molecular weight excluding hydrogens is 400 g/mol. The Morgan fingerprint density at radius 3 is 2.91 bits per heavy atom. The van der Waals surface area contributed by atoms with E-state index in [0.29, 0.717) is 12.0 Å². The number of fused-ring (bicyclic) bond motifs is 4. The molecule has 0 amide bonds. The van der Waals surface area contributed by atoms with Gasteiger partial charge in [-0.15, -0.1) is 0 Å². The molecule has 4 aromatic rings. The molecule has 4 aromatic heterocycles. The third-order valence-corrected chi connectivity index (χ3v) is 6.27. The first kappa shape index (κ1) is 18.9. The smallest absolute Gasteiger partial charge is 0.132 e. The first-order valence-corrected chi connectivity index (χ1v) is 10.8. The van der Waals surface area contributed by atoms with E-state index in [-0.39, 0.29) is 0 Å². The molecule has 1 saturated heterocycles. The first-order chi connectivity index (χ1) is 15.6. The lowest BCUT2D eigenvalue weighted by Gasteiger charge is -2.21. The Morgan fingerprint density at radius 1 is 1.06 bits per heavy atom. The number of aromatic nitrogens is 5. The standard InChI is InChI=1S/C24H24N8/c1-15-7-18(4-6-26-15)32-22-12-27-23(9-17(22)10-28-32)30-24-8-16-3-5-25-11-19(16)20-13-31(2)14-21(20)29-24/h3-12,20-21,29H,13-14H2,1-2H3,(H,27,30)/t20-,21+/m0/s1. The first-order valence-electron chi connectivity index (χ1n) is 10.8. The fourth-order valence-electron chi connectivity index (χ4n) is 4.79. The molecule has 0 aromatic carbocycles. The molecule has 32 heavy (non-hydrogen) atoms. The van der Waals surface area contributed by atoms with Gasteiger partial charge in [0, 0.05) is 54.7 Å². The molecule has 160 valence electrons. The van der Waals surface area contributed by atoms with Gasteiger partial charge in [0.2, 0.25) is 0 Å². The van der Waals surface area contributed by atoms with Crippen molar-refractivity contribution in [3.05, 3.63) is 77.9 Å². The van der Waals surface area contributed by atoms with E-state index in [4.69, 9.17) is 0 Å². The molecular formula is C24H24N8. The van der Waals surface area contributed by atoms with Crippen LogP contribution < -0.4 is 10.6 Å². The molecule has 2 atom stereocenters. The van der Waals surface area contributed by atoms with Crippen molar-refractivity contribution in [2.45, 2.75) is 18.9 Å². The summed E-state index contributed by atoms with van der Waals surface area (Å²) in [6.07, 6.45) is 11.5. The molecule has 0 bridgehead atoms. The van der Waals surface area contributed by atoms with E-state index < -0.39 is 0 Å². The second-order valence-electron chi connectivity index (χ2n) is 8.61. The van der Waals surface area contributed by atoms with Crippen molar-refractivity contribution < 1.29 is 0 Å². The highest BCUT2D eigenvalue weighted by Gasteiger charge is 2.35. The Kier molecular flexibility index (Phi) is 4.39. The zero-order valence-corrected chi connectivity index (χ0v) is 18.0. The van der Waals surface area contributed by atoms with E-state index in [9.17, 15) is 0 Å². The molecule has 0 saturated carbocycles. The van der Waals surface area contributed by atoms with E-state index in [1.807, 2.05) is 54.6 Å². The number of rotatable bonds is 3. The van der Waals surface area contributed by atoms with Crippen LogP contribution in [-0.4, -0.2) is 55.8 Å². The quantitative estimate of drug-likeness (QED) is 0.523. The number of likely N-dealkylation sites (N-methyl/N-ethyl adjacent to an activating group) is 1. The molecule has 0 spiro atoms. The van der Waals surface area contributed by atoms with Crippen LogP contribution in [0, 0.1) is 6.92 Å². The van der Waals surface area contributed by atoms with Crippen LogP contribution in [0.25, 0.3) is 22.7 Å². The van der Waals surface area contributed by atoms with Crippen molar-refractivity contribution in [3.8, 4) is 5.69 Å². The van der Waals surface area contributed by atoms with Gasteiger partial charge < -0.3 is 15.5 Å².